The number of benzene rings is 1. The number of aromatic nitrogens is 2. The van der Waals surface area contributed by atoms with Crippen molar-refractivity contribution >= 4 is 44.0 Å². The number of carbonyl (C=O) groups is 1. The molecule has 1 N–H and O–H groups in total. The van der Waals surface area contributed by atoms with Gasteiger partial charge >= 0.3 is 0 Å². The van der Waals surface area contributed by atoms with E-state index in [0.29, 0.717) is 10.2 Å². The topological polar surface area (TPSA) is 92.3 Å². The zero-order valence-corrected chi connectivity index (χ0v) is 14.9. The smallest absolute Gasteiger partial charge is 0.243 e. The molecule has 124 valence electrons. The monoisotopic (exact) mass is 374 g/mol. The summed E-state index contributed by atoms with van der Waals surface area (Å²) in [6.07, 6.45) is 0.721. The second kappa shape index (κ2) is 7.35. The Morgan fingerprint density at radius 2 is 1.96 bits per heavy atom. The molecule has 1 heterocycles. The molecule has 0 saturated heterocycles. The first-order chi connectivity index (χ1) is 10.8. The zero-order valence-electron chi connectivity index (χ0n) is 12.5. The van der Waals surface area contributed by atoms with Gasteiger partial charge in [-0.05, 0) is 30.7 Å². The van der Waals surface area contributed by atoms with Crippen molar-refractivity contribution in [1.29, 1.82) is 0 Å². The molecule has 0 aliphatic heterocycles. The Morgan fingerprint density at radius 3 is 2.52 bits per heavy atom. The minimum Gasteiger partial charge on any atom is -0.299 e. The van der Waals surface area contributed by atoms with E-state index in [0.717, 1.165) is 15.7 Å². The Labute approximate surface area is 143 Å². The first-order valence-electron chi connectivity index (χ1n) is 6.67. The predicted molar refractivity (Wildman–Crippen MR) is 89.2 cm³/mol. The van der Waals surface area contributed by atoms with Crippen LogP contribution in [-0.2, 0) is 21.2 Å². The predicted octanol–water partition coefficient (Wildman–Crippen LogP) is 2.01. The average Bonchev–Trinajstić information content (AvgIpc) is 2.95. The van der Waals surface area contributed by atoms with Crippen molar-refractivity contribution in [2.24, 2.45) is 0 Å². The average molecular weight is 375 g/mol. The van der Waals surface area contributed by atoms with Crippen molar-refractivity contribution in [1.82, 2.24) is 14.5 Å². The zero-order chi connectivity index (χ0) is 17.0. The maximum absolute atomic E-state index is 12.4. The molecule has 1 aromatic carbocycles. The number of nitrogens with one attached hydrogen (secondary N) is 1. The maximum atomic E-state index is 12.4. The number of likely N-dealkylation sites (N-methyl/N-ethyl adjacent to an activating group) is 1. The SMILES string of the molecule is CCc1nnc(NC(=O)CN(C)S(=O)(=O)c2ccc(Cl)cc2)s1. The molecule has 23 heavy (non-hydrogen) atoms. The van der Waals surface area contributed by atoms with E-state index in [2.05, 4.69) is 15.5 Å². The molecule has 0 unspecified atom stereocenters. The van der Waals surface area contributed by atoms with Crippen molar-refractivity contribution in [3.8, 4) is 0 Å². The number of rotatable bonds is 6. The third kappa shape index (κ3) is 4.47. The van der Waals surface area contributed by atoms with E-state index in [9.17, 15) is 13.2 Å². The maximum Gasteiger partial charge on any atom is 0.243 e. The van der Waals surface area contributed by atoms with Crippen LogP contribution < -0.4 is 5.32 Å². The van der Waals surface area contributed by atoms with Crippen LogP contribution in [0.15, 0.2) is 29.2 Å². The highest BCUT2D eigenvalue weighted by atomic mass is 35.5. The molecule has 0 radical (unpaired) electrons. The van der Waals surface area contributed by atoms with E-state index in [1.807, 2.05) is 6.92 Å². The molecule has 1 aromatic heterocycles. The second-order valence-corrected chi connectivity index (χ2v) is 8.16. The van der Waals surface area contributed by atoms with Gasteiger partial charge in [-0.1, -0.05) is 29.9 Å². The van der Waals surface area contributed by atoms with E-state index in [4.69, 9.17) is 11.6 Å². The fourth-order valence-corrected chi connectivity index (χ4v) is 3.63. The summed E-state index contributed by atoms with van der Waals surface area (Å²) in [6.45, 7) is 1.60. The minimum atomic E-state index is -3.76. The first kappa shape index (κ1) is 17.8. The molecule has 0 saturated carbocycles. The van der Waals surface area contributed by atoms with Crippen LogP contribution in [0.2, 0.25) is 5.02 Å². The summed E-state index contributed by atoms with van der Waals surface area (Å²) < 4.78 is 25.7. The molecule has 0 aliphatic carbocycles. The number of amides is 1. The highest BCUT2D eigenvalue weighted by Crippen LogP contribution is 2.18. The van der Waals surface area contributed by atoms with E-state index in [-0.39, 0.29) is 11.4 Å². The van der Waals surface area contributed by atoms with Crippen LogP contribution in [0.4, 0.5) is 5.13 Å². The van der Waals surface area contributed by atoms with Gasteiger partial charge in [-0.25, -0.2) is 8.42 Å². The Hall–Kier alpha value is -1.55. The summed E-state index contributed by atoms with van der Waals surface area (Å²) in [6, 6.07) is 5.75. The van der Waals surface area contributed by atoms with Gasteiger partial charge < -0.3 is 0 Å². The molecule has 0 aliphatic rings. The lowest BCUT2D eigenvalue weighted by atomic mass is 10.4. The van der Waals surface area contributed by atoms with Crippen molar-refractivity contribution < 1.29 is 13.2 Å². The van der Waals surface area contributed by atoms with Crippen molar-refractivity contribution in [2.45, 2.75) is 18.2 Å². The van der Waals surface area contributed by atoms with Gasteiger partial charge in [0.15, 0.2) is 0 Å². The number of sulfonamides is 1. The van der Waals surface area contributed by atoms with Gasteiger partial charge in [-0.3, -0.25) is 10.1 Å². The molecule has 0 bridgehead atoms. The largest absolute Gasteiger partial charge is 0.299 e. The van der Waals surface area contributed by atoms with Gasteiger partial charge in [0.05, 0.1) is 11.4 Å². The van der Waals surface area contributed by atoms with E-state index in [1.54, 1.807) is 0 Å². The van der Waals surface area contributed by atoms with Crippen molar-refractivity contribution in [3.05, 3.63) is 34.3 Å². The third-order valence-electron chi connectivity index (χ3n) is 2.90. The molecule has 7 nitrogen and oxygen atoms in total. The van der Waals surface area contributed by atoms with Crippen LogP contribution in [0.5, 0.6) is 0 Å². The number of hydrogen-bond acceptors (Lipinski definition) is 6. The molecule has 0 atom stereocenters. The normalized spacial score (nSPS) is 11.7. The quantitative estimate of drug-likeness (QED) is 0.834. The highest BCUT2D eigenvalue weighted by Gasteiger charge is 2.23. The molecule has 10 heteroatoms. The number of hydrogen-bond donors (Lipinski definition) is 1. The van der Waals surface area contributed by atoms with Gasteiger partial charge in [-0.2, -0.15) is 4.31 Å². The minimum absolute atomic E-state index is 0.0707. The molecule has 0 spiro atoms. The van der Waals surface area contributed by atoms with Gasteiger partial charge in [0.1, 0.15) is 5.01 Å². The van der Waals surface area contributed by atoms with Gasteiger partial charge in [0.2, 0.25) is 21.1 Å². The summed E-state index contributed by atoms with van der Waals surface area (Å²) in [5.41, 5.74) is 0. The number of halogens is 1. The highest BCUT2D eigenvalue weighted by molar-refractivity contribution is 7.89. The van der Waals surface area contributed by atoms with Gasteiger partial charge in [0.25, 0.3) is 0 Å². The summed E-state index contributed by atoms with van der Waals surface area (Å²) in [5.74, 6) is -0.483. The van der Waals surface area contributed by atoms with E-state index < -0.39 is 15.9 Å². The van der Waals surface area contributed by atoms with E-state index in [1.165, 1.54) is 42.6 Å². The molecule has 2 aromatic rings. The van der Waals surface area contributed by atoms with Crippen LogP contribution >= 0.6 is 22.9 Å². The van der Waals surface area contributed by atoms with Crippen LogP contribution in [0.3, 0.4) is 0 Å². The lowest BCUT2D eigenvalue weighted by molar-refractivity contribution is -0.116. The molecule has 1 amide bonds. The lowest BCUT2D eigenvalue weighted by Gasteiger charge is -2.16. The summed E-state index contributed by atoms with van der Waals surface area (Å²) >= 11 is 7.00. The lowest BCUT2D eigenvalue weighted by Crippen LogP contribution is -2.34. The molecule has 0 fully saturated rings. The van der Waals surface area contributed by atoms with Crippen LogP contribution in [0, 0.1) is 0 Å². The number of aryl methyl sites for hydroxylation is 1. The summed E-state index contributed by atoms with van der Waals surface area (Å²) in [7, 11) is -2.43. The van der Waals surface area contributed by atoms with E-state index >= 15 is 0 Å². The summed E-state index contributed by atoms with van der Waals surface area (Å²) in [4.78, 5) is 12.0. The van der Waals surface area contributed by atoms with Crippen LogP contribution in [0.25, 0.3) is 0 Å². The number of anilines is 1. The Balaban J connectivity index is 2.03. The third-order valence-corrected chi connectivity index (χ3v) is 5.96. The molecular weight excluding hydrogens is 360 g/mol. The van der Waals surface area contributed by atoms with Gasteiger partial charge in [-0.15, -0.1) is 10.2 Å². The molecular formula is C13H15ClN4O3S2. The molecule has 2 rings (SSSR count). The Bertz CT molecular complexity index is 790. The number of nitrogens with zero attached hydrogens (tertiary/aromatic N) is 3. The second-order valence-electron chi connectivity index (χ2n) is 4.62. The van der Waals surface area contributed by atoms with Crippen molar-refractivity contribution in [2.75, 3.05) is 18.9 Å². The summed E-state index contributed by atoms with van der Waals surface area (Å²) in [5, 5.41) is 11.8. The Kier molecular flexibility index (Phi) is 5.69. The standard InChI is InChI=1S/C13H15ClN4O3S2/c1-3-12-16-17-13(22-12)15-11(19)8-18(2)23(20,21)10-6-4-9(14)5-7-10/h4-7H,3,8H2,1-2H3,(H,15,17,19). The van der Waals surface area contributed by atoms with Crippen LogP contribution in [-0.4, -0.2) is 42.4 Å². The van der Waals surface area contributed by atoms with Crippen molar-refractivity contribution in [3.63, 3.8) is 0 Å². The fourth-order valence-electron chi connectivity index (χ4n) is 1.68. The first-order valence-corrected chi connectivity index (χ1v) is 9.30. The Morgan fingerprint density at radius 1 is 1.30 bits per heavy atom. The van der Waals surface area contributed by atoms with Crippen LogP contribution in [0.1, 0.15) is 11.9 Å². The fraction of sp³-hybridized carbons (Fsp3) is 0.308. The number of carbonyl (C=O) groups excluding carboxylic acids is 1. The van der Waals surface area contributed by atoms with Gasteiger partial charge in [0, 0.05) is 12.1 Å².